The summed E-state index contributed by atoms with van der Waals surface area (Å²) >= 11 is 5.91. The van der Waals surface area contributed by atoms with Crippen molar-refractivity contribution in [2.45, 2.75) is 17.7 Å². The zero-order valence-corrected chi connectivity index (χ0v) is 14.0. The zero-order chi connectivity index (χ0) is 15.6. The number of hydrogen-bond donors (Lipinski definition) is 1. The topological polar surface area (TPSA) is 107 Å². The van der Waals surface area contributed by atoms with Crippen molar-refractivity contribution >= 4 is 39.7 Å². The van der Waals surface area contributed by atoms with Gasteiger partial charge in [0.2, 0.25) is 10.0 Å². The lowest BCUT2D eigenvalue weighted by molar-refractivity contribution is -0.384. The first-order chi connectivity index (χ1) is 9.86. The average Bonchev–Trinajstić information content (AvgIpc) is 2.46. The fraction of sp³-hybridized carbons (Fsp3) is 0.500. The maximum absolute atomic E-state index is 12.6. The molecule has 0 saturated carbocycles. The number of rotatable bonds is 4. The van der Waals surface area contributed by atoms with Crippen LogP contribution in [0.2, 0.25) is 5.02 Å². The molecule has 0 bridgehead atoms. The van der Waals surface area contributed by atoms with Gasteiger partial charge >= 0.3 is 0 Å². The number of halogens is 2. The standard InChI is InChI=1S/C12H16ClN3O4S.ClH/c13-11-6-10(16(17)18)3-4-12(11)21(19,20)15-5-1-2-9(7-14)8-15;/h3-4,6,9H,1-2,5,7-8,14H2;1H. The highest BCUT2D eigenvalue weighted by Gasteiger charge is 2.31. The van der Waals surface area contributed by atoms with E-state index in [1.165, 1.54) is 10.4 Å². The number of nitrogens with two attached hydrogens (primary N) is 1. The molecule has 1 unspecified atom stereocenters. The molecule has 1 aliphatic rings. The van der Waals surface area contributed by atoms with Crippen molar-refractivity contribution in [1.29, 1.82) is 0 Å². The van der Waals surface area contributed by atoms with E-state index >= 15 is 0 Å². The summed E-state index contributed by atoms with van der Waals surface area (Å²) in [6.45, 7) is 1.19. The molecule has 7 nitrogen and oxygen atoms in total. The zero-order valence-electron chi connectivity index (χ0n) is 11.6. The van der Waals surface area contributed by atoms with Crippen molar-refractivity contribution in [3.63, 3.8) is 0 Å². The number of nitrogens with zero attached hydrogens (tertiary/aromatic N) is 2. The van der Waals surface area contributed by atoms with Gasteiger partial charge in [0.15, 0.2) is 0 Å². The lowest BCUT2D eigenvalue weighted by Gasteiger charge is -2.31. The Balaban J connectivity index is 0.00000242. The molecule has 0 aliphatic carbocycles. The average molecular weight is 370 g/mol. The molecule has 22 heavy (non-hydrogen) atoms. The van der Waals surface area contributed by atoms with Crippen LogP contribution in [0, 0.1) is 16.0 Å². The van der Waals surface area contributed by atoms with Gasteiger partial charge in [0.1, 0.15) is 4.90 Å². The lowest BCUT2D eigenvalue weighted by atomic mass is 10.0. The Bertz CT molecular complexity index is 654. The number of benzene rings is 1. The largest absolute Gasteiger partial charge is 0.330 e. The Morgan fingerprint density at radius 1 is 1.45 bits per heavy atom. The van der Waals surface area contributed by atoms with Gasteiger partial charge in [-0.3, -0.25) is 10.1 Å². The molecule has 1 aromatic carbocycles. The maximum atomic E-state index is 12.6. The third kappa shape index (κ3) is 3.88. The van der Waals surface area contributed by atoms with Gasteiger partial charge in [0.25, 0.3) is 5.69 Å². The van der Waals surface area contributed by atoms with E-state index in [4.69, 9.17) is 17.3 Å². The molecule has 1 atom stereocenters. The Morgan fingerprint density at radius 3 is 2.68 bits per heavy atom. The minimum Gasteiger partial charge on any atom is -0.330 e. The fourth-order valence-electron chi connectivity index (χ4n) is 2.39. The van der Waals surface area contributed by atoms with Gasteiger partial charge < -0.3 is 5.73 Å². The molecule has 0 spiro atoms. The number of non-ortho nitro benzene ring substituents is 1. The Kier molecular flexibility index (Phi) is 6.57. The van der Waals surface area contributed by atoms with E-state index in [2.05, 4.69) is 0 Å². The molecule has 1 aromatic rings. The predicted molar refractivity (Wildman–Crippen MR) is 85.9 cm³/mol. The van der Waals surface area contributed by atoms with E-state index in [0.29, 0.717) is 19.6 Å². The Morgan fingerprint density at radius 2 is 2.14 bits per heavy atom. The molecular formula is C12H17Cl2N3O4S. The predicted octanol–water partition coefficient (Wildman–Crippen LogP) is 2.03. The third-order valence-electron chi connectivity index (χ3n) is 3.56. The summed E-state index contributed by atoms with van der Waals surface area (Å²) in [7, 11) is -3.75. The molecule has 0 radical (unpaired) electrons. The summed E-state index contributed by atoms with van der Waals surface area (Å²) in [5.41, 5.74) is 5.37. The lowest BCUT2D eigenvalue weighted by Crippen LogP contribution is -2.42. The van der Waals surface area contributed by atoms with Gasteiger partial charge in [0, 0.05) is 25.2 Å². The molecular weight excluding hydrogens is 353 g/mol. The molecule has 2 N–H and O–H groups in total. The van der Waals surface area contributed by atoms with Crippen LogP contribution in [0.3, 0.4) is 0 Å². The molecule has 1 heterocycles. The number of hydrogen-bond acceptors (Lipinski definition) is 5. The summed E-state index contributed by atoms with van der Waals surface area (Å²) in [6.07, 6.45) is 1.64. The van der Waals surface area contributed by atoms with Crippen LogP contribution in [0.25, 0.3) is 0 Å². The van der Waals surface area contributed by atoms with Crippen molar-refractivity contribution in [2.75, 3.05) is 19.6 Å². The highest BCUT2D eigenvalue weighted by molar-refractivity contribution is 7.89. The van der Waals surface area contributed by atoms with E-state index in [-0.39, 0.29) is 33.9 Å². The minimum absolute atomic E-state index is 0. The van der Waals surface area contributed by atoms with Crippen molar-refractivity contribution in [3.8, 4) is 0 Å². The van der Waals surface area contributed by atoms with E-state index in [9.17, 15) is 18.5 Å². The van der Waals surface area contributed by atoms with Crippen molar-refractivity contribution in [3.05, 3.63) is 33.3 Å². The summed E-state index contributed by atoms with van der Waals surface area (Å²) < 4.78 is 26.5. The quantitative estimate of drug-likeness (QED) is 0.645. The summed E-state index contributed by atoms with van der Waals surface area (Å²) in [6, 6.07) is 3.38. The van der Waals surface area contributed by atoms with Gasteiger partial charge in [-0.15, -0.1) is 12.4 Å². The number of piperidine rings is 1. The number of nitro benzene ring substituents is 1. The first-order valence-electron chi connectivity index (χ1n) is 6.50. The monoisotopic (exact) mass is 369 g/mol. The second-order valence-corrected chi connectivity index (χ2v) is 7.29. The van der Waals surface area contributed by atoms with Crippen molar-refractivity contribution in [2.24, 2.45) is 11.7 Å². The Labute approximate surface area is 140 Å². The normalized spacial score (nSPS) is 19.5. The molecule has 1 saturated heterocycles. The van der Waals surface area contributed by atoms with Crippen LogP contribution in [0.5, 0.6) is 0 Å². The second kappa shape index (κ2) is 7.56. The van der Waals surface area contributed by atoms with Gasteiger partial charge in [-0.1, -0.05) is 11.6 Å². The fourth-order valence-corrected chi connectivity index (χ4v) is 4.46. The smallest absolute Gasteiger partial charge is 0.271 e. The van der Waals surface area contributed by atoms with Crippen LogP contribution in [0.1, 0.15) is 12.8 Å². The SMILES string of the molecule is Cl.NCC1CCCN(S(=O)(=O)c2ccc([N+](=O)[O-])cc2Cl)C1. The molecule has 2 rings (SSSR count). The summed E-state index contributed by atoms with van der Waals surface area (Å²) in [5.74, 6) is 0.130. The third-order valence-corrected chi connectivity index (χ3v) is 5.91. The first-order valence-corrected chi connectivity index (χ1v) is 8.32. The van der Waals surface area contributed by atoms with Gasteiger partial charge in [-0.05, 0) is 31.4 Å². The van der Waals surface area contributed by atoms with E-state index in [1.54, 1.807) is 0 Å². The van der Waals surface area contributed by atoms with Crippen molar-refractivity contribution in [1.82, 2.24) is 4.31 Å². The second-order valence-electron chi connectivity index (χ2n) is 4.98. The van der Waals surface area contributed by atoms with Crippen LogP contribution in [-0.2, 0) is 10.0 Å². The Hall–Kier alpha value is -0.930. The summed E-state index contributed by atoms with van der Waals surface area (Å²) in [4.78, 5) is 9.95. The molecule has 1 fully saturated rings. The van der Waals surface area contributed by atoms with Crippen molar-refractivity contribution < 1.29 is 13.3 Å². The molecule has 1 aliphatic heterocycles. The first kappa shape index (κ1) is 19.1. The molecule has 0 aromatic heterocycles. The minimum atomic E-state index is -3.75. The van der Waals surface area contributed by atoms with Gasteiger partial charge in [0.05, 0.1) is 9.95 Å². The highest BCUT2D eigenvalue weighted by Crippen LogP contribution is 2.30. The van der Waals surface area contributed by atoms with Gasteiger partial charge in [-0.25, -0.2) is 8.42 Å². The molecule has 10 heteroatoms. The molecule has 124 valence electrons. The van der Waals surface area contributed by atoms with Crippen LogP contribution >= 0.6 is 24.0 Å². The van der Waals surface area contributed by atoms with Crippen LogP contribution in [0.4, 0.5) is 5.69 Å². The van der Waals surface area contributed by atoms with Crippen LogP contribution in [-0.4, -0.2) is 37.3 Å². The number of nitro groups is 1. The molecule has 0 amide bonds. The maximum Gasteiger partial charge on any atom is 0.271 e. The highest BCUT2D eigenvalue weighted by atomic mass is 35.5. The van der Waals surface area contributed by atoms with E-state index in [1.807, 2.05) is 0 Å². The van der Waals surface area contributed by atoms with Crippen LogP contribution in [0.15, 0.2) is 23.1 Å². The van der Waals surface area contributed by atoms with E-state index in [0.717, 1.165) is 25.0 Å². The van der Waals surface area contributed by atoms with E-state index < -0.39 is 14.9 Å². The summed E-state index contributed by atoms with van der Waals surface area (Å²) in [5, 5.41) is 10.5. The van der Waals surface area contributed by atoms with Crippen LogP contribution < -0.4 is 5.73 Å². The van der Waals surface area contributed by atoms with Gasteiger partial charge in [-0.2, -0.15) is 4.31 Å². The number of sulfonamides is 1.